The highest BCUT2D eigenvalue weighted by Gasteiger charge is 2.48. The molecule has 0 saturated carbocycles. The molecule has 4 aromatic rings. The van der Waals surface area contributed by atoms with Crippen molar-refractivity contribution in [2.24, 2.45) is 0 Å². The Kier molecular flexibility index (Phi) is 9.72. The molecule has 43 heavy (non-hydrogen) atoms. The van der Waals surface area contributed by atoms with Gasteiger partial charge in [0.15, 0.2) is 4.34 Å². The van der Waals surface area contributed by atoms with Crippen molar-refractivity contribution in [3.8, 4) is 11.5 Å². The van der Waals surface area contributed by atoms with E-state index in [1.807, 2.05) is 13.0 Å². The summed E-state index contributed by atoms with van der Waals surface area (Å²) in [5.74, 6) is -0.264. The lowest BCUT2D eigenvalue weighted by Crippen LogP contribution is -2.29. The highest BCUT2D eigenvalue weighted by Crippen LogP contribution is 2.44. The predicted octanol–water partition coefficient (Wildman–Crippen LogP) is 7.73. The zero-order valence-corrected chi connectivity index (χ0v) is 26.0. The first-order chi connectivity index (χ1) is 20.8. The normalized spacial score (nSPS) is 16.0. The van der Waals surface area contributed by atoms with Crippen molar-refractivity contribution in [1.82, 2.24) is 10.2 Å². The second-order valence-corrected chi connectivity index (χ2v) is 12.2. The van der Waals surface area contributed by atoms with Crippen LogP contribution < -0.4 is 14.4 Å². The smallest absolute Gasteiger partial charge is 0.301 e. The van der Waals surface area contributed by atoms with Crippen LogP contribution in [-0.2, 0) is 15.3 Å². The van der Waals surface area contributed by atoms with Crippen LogP contribution in [0.5, 0.6) is 11.5 Å². The zero-order valence-electron chi connectivity index (χ0n) is 22.8. The summed E-state index contributed by atoms with van der Waals surface area (Å²) in [4.78, 5) is 28.3. The maximum atomic E-state index is 13.5. The Labute approximate surface area is 266 Å². The number of thioether (sulfide) groups is 1. The number of amides is 1. The number of aliphatic hydroxyl groups is 1. The van der Waals surface area contributed by atoms with E-state index in [4.69, 9.17) is 32.7 Å². The van der Waals surface area contributed by atoms with Crippen LogP contribution in [0.4, 0.5) is 5.13 Å². The summed E-state index contributed by atoms with van der Waals surface area (Å²) in [5, 5.41) is 21.2. The fourth-order valence-corrected chi connectivity index (χ4v) is 6.84. The van der Waals surface area contributed by atoms with Crippen molar-refractivity contribution in [3.05, 3.63) is 112 Å². The summed E-state index contributed by atoms with van der Waals surface area (Å²) in [6, 6.07) is 17.9. The van der Waals surface area contributed by atoms with Gasteiger partial charge in [0.05, 0.1) is 18.2 Å². The summed E-state index contributed by atoms with van der Waals surface area (Å²) in [5.41, 5.74) is 1.74. The van der Waals surface area contributed by atoms with E-state index in [1.165, 1.54) is 16.7 Å². The predicted molar refractivity (Wildman–Crippen MR) is 170 cm³/mol. The molecule has 1 fully saturated rings. The van der Waals surface area contributed by atoms with Gasteiger partial charge >= 0.3 is 5.91 Å². The van der Waals surface area contributed by atoms with Crippen molar-refractivity contribution in [3.63, 3.8) is 0 Å². The van der Waals surface area contributed by atoms with Crippen LogP contribution in [-0.4, -0.2) is 40.2 Å². The van der Waals surface area contributed by atoms with Gasteiger partial charge in [0.2, 0.25) is 5.13 Å². The third kappa shape index (κ3) is 6.73. The van der Waals surface area contributed by atoms with E-state index in [0.717, 1.165) is 16.9 Å². The van der Waals surface area contributed by atoms with Gasteiger partial charge in [0.25, 0.3) is 5.78 Å². The number of Topliss-reactive ketones (excluding diaryl/α,β-unsaturated/α-hetero) is 1. The average Bonchev–Trinajstić information content (AvgIpc) is 3.58. The van der Waals surface area contributed by atoms with Crippen LogP contribution in [0.3, 0.4) is 0 Å². The molecule has 1 atom stereocenters. The molecule has 0 radical (unpaired) electrons. The number of hydrogen-bond acceptors (Lipinski definition) is 9. The number of halogens is 2. The van der Waals surface area contributed by atoms with Gasteiger partial charge in [-0.25, -0.2) is 0 Å². The highest BCUT2D eigenvalue weighted by atomic mass is 35.5. The SMILES string of the molecule is C=CCOc1ccc(C2/C(=C(/O)c3ccc(OCC)cc3)C(=O)C(=O)N2c2nnc(SCc3ccc(Cl)cc3Cl)s2)cc1. The molecular weight excluding hydrogens is 629 g/mol. The first-order valence-corrected chi connectivity index (χ1v) is 15.6. The Morgan fingerprint density at radius 3 is 2.42 bits per heavy atom. The van der Waals surface area contributed by atoms with Crippen molar-refractivity contribution in [2.45, 2.75) is 23.1 Å². The standard InChI is InChI=1S/C31H25Cl2N3O5S2/c1-3-15-41-23-11-6-18(7-12-23)26-25(27(37)19-8-13-22(14-9-19)40-4-2)28(38)29(39)36(26)30-34-35-31(43-30)42-17-20-5-10-21(32)16-24(20)33/h3,5-14,16,26,37H,1,4,15,17H2,2H3/b27-25-. The molecule has 0 spiro atoms. The molecule has 2 heterocycles. The number of anilines is 1. The third-order valence-corrected chi connectivity index (χ3v) is 9.11. The van der Waals surface area contributed by atoms with E-state index >= 15 is 0 Å². The molecule has 1 amide bonds. The highest BCUT2D eigenvalue weighted by molar-refractivity contribution is 8.00. The number of hydrogen-bond donors (Lipinski definition) is 1. The van der Waals surface area contributed by atoms with Gasteiger partial charge in [0, 0.05) is 21.4 Å². The van der Waals surface area contributed by atoms with E-state index in [-0.39, 0.29) is 16.5 Å². The summed E-state index contributed by atoms with van der Waals surface area (Å²) in [7, 11) is 0. The molecule has 1 aliphatic heterocycles. The first-order valence-electron chi connectivity index (χ1n) is 13.1. The summed E-state index contributed by atoms with van der Waals surface area (Å²) in [6.07, 6.45) is 1.63. The Bertz CT molecular complexity index is 1690. The lowest BCUT2D eigenvalue weighted by atomic mass is 9.95. The Balaban J connectivity index is 1.51. The van der Waals surface area contributed by atoms with Gasteiger partial charge in [-0.1, -0.05) is 77.2 Å². The van der Waals surface area contributed by atoms with Gasteiger partial charge in [-0.3, -0.25) is 14.5 Å². The van der Waals surface area contributed by atoms with Gasteiger partial charge in [-0.2, -0.15) is 0 Å². The number of aromatic nitrogens is 2. The second-order valence-electron chi connectivity index (χ2n) is 9.17. The van der Waals surface area contributed by atoms with Crippen LogP contribution in [0.15, 0.2) is 89.3 Å². The van der Waals surface area contributed by atoms with Crippen molar-refractivity contribution in [2.75, 3.05) is 18.1 Å². The molecule has 8 nitrogen and oxygen atoms in total. The van der Waals surface area contributed by atoms with Crippen LogP contribution in [0, 0.1) is 0 Å². The monoisotopic (exact) mass is 653 g/mol. The number of carbonyl (C=O) groups is 2. The van der Waals surface area contributed by atoms with Crippen LogP contribution in [0.2, 0.25) is 10.0 Å². The first kappa shape index (κ1) is 30.6. The Morgan fingerprint density at radius 2 is 1.74 bits per heavy atom. The van der Waals surface area contributed by atoms with E-state index in [2.05, 4.69) is 16.8 Å². The maximum Gasteiger partial charge on any atom is 0.301 e. The number of carbonyl (C=O) groups excluding carboxylic acids is 2. The van der Waals surface area contributed by atoms with Crippen LogP contribution >= 0.6 is 46.3 Å². The minimum atomic E-state index is -0.962. The Morgan fingerprint density at radius 1 is 1.05 bits per heavy atom. The number of rotatable bonds is 11. The average molecular weight is 655 g/mol. The molecule has 1 saturated heterocycles. The topological polar surface area (TPSA) is 102 Å². The molecule has 3 aromatic carbocycles. The van der Waals surface area contributed by atoms with E-state index in [1.54, 1.807) is 66.7 Å². The van der Waals surface area contributed by atoms with Crippen LogP contribution in [0.1, 0.15) is 29.7 Å². The summed E-state index contributed by atoms with van der Waals surface area (Å²) < 4.78 is 11.7. The zero-order chi connectivity index (χ0) is 30.5. The van der Waals surface area contributed by atoms with Gasteiger partial charge in [0.1, 0.15) is 23.9 Å². The van der Waals surface area contributed by atoms with E-state index in [9.17, 15) is 14.7 Å². The molecule has 1 N–H and O–H groups in total. The molecule has 0 bridgehead atoms. The number of nitrogens with zero attached hydrogens (tertiary/aromatic N) is 3. The van der Waals surface area contributed by atoms with Crippen molar-refractivity contribution >= 4 is 68.9 Å². The quantitative estimate of drug-likeness (QED) is 0.0438. The van der Waals surface area contributed by atoms with Crippen molar-refractivity contribution < 1.29 is 24.2 Å². The van der Waals surface area contributed by atoms with E-state index < -0.39 is 17.7 Å². The van der Waals surface area contributed by atoms with Crippen LogP contribution in [0.25, 0.3) is 5.76 Å². The summed E-state index contributed by atoms with van der Waals surface area (Å²) >= 11 is 14.9. The molecule has 1 unspecified atom stereocenters. The van der Waals surface area contributed by atoms with Gasteiger partial charge in [-0.05, 0) is 66.6 Å². The molecule has 1 aromatic heterocycles. The fraction of sp³-hybridized carbons (Fsp3) is 0.161. The molecule has 5 rings (SSSR count). The minimum Gasteiger partial charge on any atom is -0.507 e. The summed E-state index contributed by atoms with van der Waals surface area (Å²) in [6.45, 7) is 6.33. The molecule has 1 aliphatic rings. The maximum absolute atomic E-state index is 13.5. The lowest BCUT2D eigenvalue weighted by molar-refractivity contribution is -0.132. The second kappa shape index (κ2) is 13.6. The lowest BCUT2D eigenvalue weighted by Gasteiger charge is -2.22. The molecule has 0 aliphatic carbocycles. The number of benzene rings is 3. The minimum absolute atomic E-state index is 0.0636. The van der Waals surface area contributed by atoms with Crippen molar-refractivity contribution in [1.29, 1.82) is 0 Å². The third-order valence-electron chi connectivity index (χ3n) is 6.42. The molecule has 220 valence electrons. The largest absolute Gasteiger partial charge is 0.507 e. The number of ketones is 1. The van der Waals surface area contributed by atoms with E-state index in [0.29, 0.717) is 56.0 Å². The number of ether oxygens (including phenoxy) is 2. The Hall–Kier alpha value is -3.83. The molecule has 12 heteroatoms. The fourth-order valence-electron chi connectivity index (χ4n) is 4.41. The number of aliphatic hydroxyl groups excluding tert-OH is 1. The van der Waals surface area contributed by atoms with Gasteiger partial charge in [-0.15, -0.1) is 10.2 Å². The van der Waals surface area contributed by atoms with Gasteiger partial charge < -0.3 is 14.6 Å². The molecular formula is C31H25Cl2N3O5S2.